The van der Waals surface area contributed by atoms with Crippen LogP contribution in [0.5, 0.6) is 0 Å². The van der Waals surface area contributed by atoms with Gasteiger partial charge >= 0.3 is 0 Å². The van der Waals surface area contributed by atoms with Crippen LogP contribution in [0.15, 0.2) is 46.8 Å². The van der Waals surface area contributed by atoms with Gasteiger partial charge in [0, 0.05) is 10.6 Å². The van der Waals surface area contributed by atoms with E-state index in [-0.39, 0.29) is 6.04 Å². The van der Waals surface area contributed by atoms with Gasteiger partial charge in [0.2, 0.25) is 0 Å². The Morgan fingerprint density at radius 2 is 2.14 bits per heavy atom. The van der Waals surface area contributed by atoms with Gasteiger partial charge in [-0.25, -0.2) is 0 Å². The molecule has 4 nitrogen and oxygen atoms in total. The van der Waals surface area contributed by atoms with Crippen molar-refractivity contribution in [3.8, 4) is 0 Å². The first-order valence-electron chi connectivity index (χ1n) is 6.89. The zero-order valence-corrected chi connectivity index (χ0v) is 13.5. The number of nitrogens with zero attached hydrogens (tertiary/aromatic N) is 2. The topological polar surface area (TPSA) is 53.6 Å². The average molecular weight is 302 g/mol. The average Bonchev–Trinajstić information content (AvgIpc) is 2.92. The lowest BCUT2D eigenvalue weighted by Crippen LogP contribution is -2.26. The number of benzene rings is 1. The second-order valence-corrected chi connectivity index (χ2v) is 6.19. The van der Waals surface area contributed by atoms with Gasteiger partial charge in [-0.3, -0.25) is 4.99 Å². The molecule has 0 saturated carbocycles. The van der Waals surface area contributed by atoms with E-state index in [1.807, 2.05) is 18.2 Å². The molecule has 0 fully saturated rings. The van der Waals surface area contributed by atoms with Crippen molar-refractivity contribution >= 4 is 23.0 Å². The summed E-state index contributed by atoms with van der Waals surface area (Å²) in [6.45, 7) is 2.69. The Morgan fingerprint density at radius 3 is 2.76 bits per heavy atom. The summed E-state index contributed by atoms with van der Waals surface area (Å²) in [6.07, 6.45) is 0. The third-order valence-corrected chi connectivity index (χ3v) is 4.19. The fourth-order valence-electron chi connectivity index (χ4n) is 2.08. The Hall–Kier alpha value is -1.85. The van der Waals surface area contributed by atoms with Crippen LogP contribution in [0, 0.1) is 6.92 Å². The normalized spacial score (nSPS) is 13.4. The smallest absolute Gasteiger partial charge is 0.193 e. The zero-order chi connectivity index (χ0) is 15.2. The van der Waals surface area contributed by atoms with Crippen LogP contribution in [-0.2, 0) is 0 Å². The van der Waals surface area contributed by atoms with Crippen molar-refractivity contribution in [2.24, 2.45) is 10.7 Å². The lowest BCUT2D eigenvalue weighted by atomic mass is 10.2. The second-order valence-electron chi connectivity index (χ2n) is 5.22. The number of nitrogens with one attached hydrogen (secondary N) is 1. The Bertz CT molecular complexity index is 590. The highest BCUT2D eigenvalue weighted by Gasteiger charge is 2.14. The number of likely N-dealkylation sites (N-methyl/N-ethyl adjacent to an activating group) is 1. The number of hydrogen-bond acceptors (Lipinski definition) is 3. The van der Waals surface area contributed by atoms with E-state index in [4.69, 9.17) is 5.73 Å². The van der Waals surface area contributed by atoms with Gasteiger partial charge in [0.1, 0.15) is 0 Å². The number of aliphatic imine (C=N–C) groups is 1. The molecular weight excluding hydrogens is 280 g/mol. The predicted octanol–water partition coefficient (Wildman–Crippen LogP) is 3.09. The number of anilines is 1. The number of aryl methyl sites for hydroxylation is 1. The molecule has 1 heterocycles. The Kier molecular flexibility index (Phi) is 5.36. The first-order valence-corrected chi connectivity index (χ1v) is 7.77. The molecule has 1 atom stereocenters. The van der Waals surface area contributed by atoms with Crippen LogP contribution in [0.2, 0.25) is 0 Å². The van der Waals surface area contributed by atoms with Crippen molar-refractivity contribution in [3.63, 3.8) is 0 Å². The standard InChI is InChI=1S/C16H22N4S/c1-12-6-4-7-13(10-12)19-16(17)18-11-14(20(2)3)15-8-5-9-21-15/h4-10,14H,11H2,1-3H3,(H3,17,18,19). The SMILES string of the molecule is Cc1cccc(NC(N)=NCC(c2cccs2)N(C)C)c1. The second kappa shape index (κ2) is 7.24. The van der Waals surface area contributed by atoms with Crippen LogP contribution in [0.3, 0.4) is 0 Å². The van der Waals surface area contributed by atoms with E-state index in [1.54, 1.807) is 11.3 Å². The molecule has 1 unspecified atom stereocenters. The molecule has 0 amide bonds. The van der Waals surface area contributed by atoms with E-state index in [9.17, 15) is 0 Å². The molecule has 0 aliphatic heterocycles. The van der Waals surface area contributed by atoms with Crippen LogP contribution in [0.25, 0.3) is 0 Å². The summed E-state index contributed by atoms with van der Waals surface area (Å²) in [6, 6.07) is 12.5. The number of rotatable bonds is 5. The molecule has 0 saturated heterocycles. The molecule has 0 radical (unpaired) electrons. The monoisotopic (exact) mass is 302 g/mol. The summed E-state index contributed by atoms with van der Waals surface area (Å²) in [5, 5.41) is 5.22. The van der Waals surface area contributed by atoms with Gasteiger partial charge in [-0.1, -0.05) is 18.2 Å². The third-order valence-electron chi connectivity index (χ3n) is 3.22. The summed E-state index contributed by atoms with van der Waals surface area (Å²) >= 11 is 1.74. The van der Waals surface area contributed by atoms with Gasteiger partial charge in [-0.2, -0.15) is 0 Å². The van der Waals surface area contributed by atoms with Gasteiger partial charge in [0.15, 0.2) is 5.96 Å². The minimum Gasteiger partial charge on any atom is -0.370 e. The molecule has 21 heavy (non-hydrogen) atoms. The summed E-state index contributed by atoms with van der Waals surface area (Å²) < 4.78 is 0. The molecule has 0 aliphatic carbocycles. The summed E-state index contributed by atoms with van der Waals surface area (Å²) in [4.78, 5) is 7.94. The molecule has 0 aliphatic rings. The maximum atomic E-state index is 5.98. The lowest BCUT2D eigenvalue weighted by molar-refractivity contribution is 0.311. The molecule has 5 heteroatoms. The number of thiophene rings is 1. The van der Waals surface area contributed by atoms with Crippen molar-refractivity contribution in [2.75, 3.05) is 26.0 Å². The predicted molar refractivity (Wildman–Crippen MR) is 92.0 cm³/mol. The van der Waals surface area contributed by atoms with E-state index >= 15 is 0 Å². The Balaban J connectivity index is 2.01. The molecule has 0 spiro atoms. The summed E-state index contributed by atoms with van der Waals surface area (Å²) in [5.74, 6) is 0.448. The molecule has 2 aromatic rings. The van der Waals surface area contributed by atoms with Crippen molar-refractivity contribution in [1.82, 2.24) is 4.90 Å². The molecule has 1 aromatic carbocycles. The maximum absolute atomic E-state index is 5.98. The van der Waals surface area contributed by atoms with E-state index in [1.165, 1.54) is 10.4 Å². The molecule has 0 bridgehead atoms. The number of hydrogen-bond donors (Lipinski definition) is 2. The number of nitrogens with two attached hydrogens (primary N) is 1. The fourth-order valence-corrected chi connectivity index (χ4v) is 3.00. The van der Waals surface area contributed by atoms with Gasteiger partial charge < -0.3 is 16.0 Å². The van der Waals surface area contributed by atoms with Crippen LogP contribution in [-0.4, -0.2) is 31.5 Å². The zero-order valence-electron chi connectivity index (χ0n) is 12.7. The van der Waals surface area contributed by atoms with Gasteiger partial charge in [0.05, 0.1) is 12.6 Å². The van der Waals surface area contributed by atoms with Crippen LogP contribution >= 0.6 is 11.3 Å². The van der Waals surface area contributed by atoms with Crippen molar-refractivity contribution in [1.29, 1.82) is 0 Å². The molecule has 3 N–H and O–H groups in total. The molecule has 2 rings (SSSR count). The molecular formula is C16H22N4S. The van der Waals surface area contributed by atoms with Crippen LogP contribution in [0.1, 0.15) is 16.5 Å². The maximum Gasteiger partial charge on any atom is 0.193 e. The van der Waals surface area contributed by atoms with Gasteiger partial charge in [-0.05, 0) is 50.2 Å². The quantitative estimate of drug-likeness (QED) is 0.659. The largest absolute Gasteiger partial charge is 0.370 e. The Morgan fingerprint density at radius 1 is 1.33 bits per heavy atom. The Labute approximate surface area is 130 Å². The summed E-state index contributed by atoms with van der Waals surface area (Å²) in [7, 11) is 4.12. The van der Waals surface area contributed by atoms with Crippen molar-refractivity contribution < 1.29 is 0 Å². The first kappa shape index (κ1) is 15.5. The van der Waals surface area contributed by atoms with E-state index < -0.39 is 0 Å². The van der Waals surface area contributed by atoms with Crippen LogP contribution < -0.4 is 11.1 Å². The molecule has 112 valence electrons. The van der Waals surface area contributed by atoms with Gasteiger partial charge in [-0.15, -0.1) is 11.3 Å². The third kappa shape index (κ3) is 4.58. The minimum atomic E-state index is 0.253. The molecule has 1 aromatic heterocycles. The lowest BCUT2D eigenvalue weighted by Gasteiger charge is -2.21. The fraction of sp³-hybridized carbons (Fsp3) is 0.312. The van der Waals surface area contributed by atoms with Crippen molar-refractivity contribution in [2.45, 2.75) is 13.0 Å². The highest BCUT2D eigenvalue weighted by molar-refractivity contribution is 7.10. The van der Waals surface area contributed by atoms with Gasteiger partial charge in [0.25, 0.3) is 0 Å². The number of guanidine groups is 1. The minimum absolute atomic E-state index is 0.253. The summed E-state index contributed by atoms with van der Waals surface area (Å²) in [5.41, 5.74) is 8.14. The van der Waals surface area contributed by atoms with E-state index in [2.05, 4.69) is 59.8 Å². The van der Waals surface area contributed by atoms with E-state index in [0.29, 0.717) is 12.5 Å². The highest BCUT2D eigenvalue weighted by atomic mass is 32.1. The van der Waals surface area contributed by atoms with Crippen molar-refractivity contribution in [3.05, 3.63) is 52.2 Å². The highest BCUT2D eigenvalue weighted by Crippen LogP contribution is 2.23. The van der Waals surface area contributed by atoms with E-state index in [0.717, 1.165) is 5.69 Å². The first-order chi connectivity index (χ1) is 10.1. The van der Waals surface area contributed by atoms with Crippen LogP contribution in [0.4, 0.5) is 5.69 Å².